The number of hydrogen-bond acceptors (Lipinski definition) is 2. The van der Waals surface area contributed by atoms with Gasteiger partial charge in [-0.25, -0.2) is 9.78 Å². The van der Waals surface area contributed by atoms with Gasteiger partial charge in [0, 0.05) is 12.4 Å². The van der Waals surface area contributed by atoms with E-state index in [0.717, 1.165) is 0 Å². The van der Waals surface area contributed by atoms with Gasteiger partial charge >= 0.3 is 6.03 Å². The molecule has 0 atom stereocenters. The molecule has 0 bridgehead atoms. The van der Waals surface area contributed by atoms with Crippen LogP contribution in [0.25, 0.3) is 5.69 Å². The zero-order chi connectivity index (χ0) is 12.4. The lowest BCUT2D eigenvalue weighted by Gasteiger charge is -2.10. The lowest BCUT2D eigenvalue weighted by atomic mass is 10.3. The second-order valence-electron chi connectivity index (χ2n) is 3.18. The van der Waals surface area contributed by atoms with Crippen molar-refractivity contribution in [3.05, 3.63) is 40.6 Å². The average Bonchev–Trinajstić information content (AvgIpc) is 2.65. The van der Waals surface area contributed by atoms with Gasteiger partial charge in [0.2, 0.25) is 5.95 Å². The Morgan fingerprint density at radius 3 is 2.59 bits per heavy atom. The van der Waals surface area contributed by atoms with E-state index < -0.39 is 6.03 Å². The van der Waals surface area contributed by atoms with Crippen LogP contribution in [0.1, 0.15) is 0 Å². The third-order valence-electron chi connectivity index (χ3n) is 2.05. The summed E-state index contributed by atoms with van der Waals surface area (Å²) in [7, 11) is 0. The third-order valence-corrected chi connectivity index (χ3v) is 2.66. The summed E-state index contributed by atoms with van der Waals surface area (Å²) < 4.78 is 1.55. The molecule has 7 heteroatoms. The normalized spacial score (nSPS) is 10.2. The van der Waals surface area contributed by atoms with E-state index in [1.54, 1.807) is 29.0 Å². The van der Waals surface area contributed by atoms with Crippen LogP contribution in [0.2, 0.25) is 10.0 Å². The standard InChI is InChI=1S/C10H8Cl2N4O/c11-6-2-1-3-7(12)8(6)16-5-4-14-10(16)15-9(13)17/h1-5H,(H3,13,14,15,17). The molecule has 0 aliphatic rings. The molecule has 1 aromatic carbocycles. The molecular formula is C10H8Cl2N4O. The predicted molar refractivity (Wildman–Crippen MR) is 66.8 cm³/mol. The summed E-state index contributed by atoms with van der Waals surface area (Å²) in [6, 6.07) is 4.40. The van der Waals surface area contributed by atoms with Crippen LogP contribution in [-0.2, 0) is 0 Å². The molecule has 0 spiro atoms. The SMILES string of the molecule is NC(=O)Nc1nccn1-c1c(Cl)cccc1Cl. The fourth-order valence-electron chi connectivity index (χ4n) is 1.41. The largest absolute Gasteiger partial charge is 0.351 e. The number of primary amides is 1. The zero-order valence-corrected chi connectivity index (χ0v) is 10.0. The van der Waals surface area contributed by atoms with Crippen molar-refractivity contribution in [1.29, 1.82) is 0 Å². The minimum Gasteiger partial charge on any atom is -0.351 e. The average molecular weight is 271 g/mol. The van der Waals surface area contributed by atoms with Crippen LogP contribution in [0.4, 0.5) is 10.7 Å². The minimum atomic E-state index is -0.708. The topological polar surface area (TPSA) is 72.9 Å². The van der Waals surface area contributed by atoms with E-state index in [1.165, 1.54) is 6.20 Å². The number of urea groups is 1. The molecule has 1 aromatic heterocycles. The number of nitrogens with two attached hydrogens (primary N) is 1. The van der Waals surface area contributed by atoms with E-state index in [0.29, 0.717) is 15.7 Å². The first-order valence-corrected chi connectivity index (χ1v) is 5.39. The molecule has 0 saturated heterocycles. The Kier molecular flexibility index (Phi) is 3.21. The summed E-state index contributed by atoms with van der Waals surface area (Å²) in [4.78, 5) is 14.8. The molecule has 0 radical (unpaired) electrons. The number of carbonyl (C=O) groups excluding carboxylic acids is 1. The zero-order valence-electron chi connectivity index (χ0n) is 8.52. The summed E-state index contributed by atoms with van der Waals surface area (Å²) in [5.41, 5.74) is 5.58. The number of anilines is 1. The first-order chi connectivity index (χ1) is 8.09. The van der Waals surface area contributed by atoms with Gasteiger partial charge in [0.15, 0.2) is 0 Å². The van der Waals surface area contributed by atoms with Crippen LogP contribution in [0.5, 0.6) is 0 Å². The number of nitrogens with zero attached hydrogens (tertiary/aromatic N) is 2. The number of para-hydroxylation sites is 1. The van der Waals surface area contributed by atoms with Crippen molar-refractivity contribution < 1.29 is 4.79 Å². The van der Waals surface area contributed by atoms with Crippen molar-refractivity contribution in [2.24, 2.45) is 5.73 Å². The highest BCUT2D eigenvalue weighted by atomic mass is 35.5. The maximum absolute atomic E-state index is 10.8. The first kappa shape index (κ1) is 11.8. The Morgan fingerprint density at radius 1 is 1.35 bits per heavy atom. The van der Waals surface area contributed by atoms with Crippen molar-refractivity contribution in [1.82, 2.24) is 9.55 Å². The van der Waals surface area contributed by atoms with Gasteiger partial charge < -0.3 is 5.73 Å². The van der Waals surface area contributed by atoms with Crippen molar-refractivity contribution in [2.75, 3.05) is 5.32 Å². The molecule has 5 nitrogen and oxygen atoms in total. The molecule has 2 amide bonds. The highest BCUT2D eigenvalue weighted by molar-refractivity contribution is 6.37. The van der Waals surface area contributed by atoms with Crippen molar-refractivity contribution in [3.8, 4) is 5.69 Å². The number of hydrogen-bond donors (Lipinski definition) is 2. The van der Waals surface area contributed by atoms with Gasteiger partial charge in [0.05, 0.1) is 15.7 Å². The molecule has 3 N–H and O–H groups in total. The van der Waals surface area contributed by atoms with E-state index >= 15 is 0 Å². The Labute approximate surface area is 107 Å². The molecule has 0 unspecified atom stereocenters. The van der Waals surface area contributed by atoms with Crippen LogP contribution in [0.15, 0.2) is 30.6 Å². The molecule has 88 valence electrons. The summed E-state index contributed by atoms with van der Waals surface area (Å²) in [5, 5.41) is 3.27. The number of imidazole rings is 1. The molecule has 0 fully saturated rings. The lowest BCUT2D eigenvalue weighted by molar-refractivity contribution is 0.259. The van der Waals surface area contributed by atoms with Gasteiger partial charge in [-0.15, -0.1) is 0 Å². The molecule has 0 aliphatic carbocycles. The van der Waals surface area contributed by atoms with Gasteiger partial charge in [-0.1, -0.05) is 29.3 Å². The first-order valence-electron chi connectivity index (χ1n) is 4.64. The molecule has 1 heterocycles. The fraction of sp³-hybridized carbons (Fsp3) is 0. The molecule has 17 heavy (non-hydrogen) atoms. The van der Waals surface area contributed by atoms with Gasteiger partial charge in [-0.2, -0.15) is 0 Å². The van der Waals surface area contributed by atoms with E-state index in [4.69, 9.17) is 28.9 Å². The lowest BCUT2D eigenvalue weighted by Crippen LogP contribution is -2.21. The highest BCUT2D eigenvalue weighted by Crippen LogP contribution is 2.30. The summed E-state index contributed by atoms with van der Waals surface area (Å²) in [6.45, 7) is 0. The second-order valence-corrected chi connectivity index (χ2v) is 3.99. The van der Waals surface area contributed by atoms with Crippen molar-refractivity contribution in [2.45, 2.75) is 0 Å². The summed E-state index contributed by atoms with van der Waals surface area (Å²) in [6.07, 6.45) is 3.13. The van der Waals surface area contributed by atoms with Gasteiger partial charge in [0.25, 0.3) is 0 Å². The number of nitrogens with one attached hydrogen (secondary N) is 1. The number of aromatic nitrogens is 2. The number of carbonyl (C=O) groups is 1. The van der Waals surface area contributed by atoms with Crippen molar-refractivity contribution >= 4 is 35.2 Å². The van der Waals surface area contributed by atoms with Crippen LogP contribution in [-0.4, -0.2) is 15.6 Å². The predicted octanol–water partition coefficient (Wildman–Crippen LogP) is 2.67. The molecular weight excluding hydrogens is 263 g/mol. The summed E-state index contributed by atoms with van der Waals surface area (Å²) in [5.74, 6) is 0.257. The van der Waals surface area contributed by atoms with E-state index in [-0.39, 0.29) is 5.95 Å². The van der Waals surface area contributed by atoms with Gasteiger partial charge in [-0.3, -0.25) is 9.88 Å². The number of benzene rings is 1. The van der Waals surface area contributed by atoms with E-state index in [9.17, 15) is 4.79 Å². The monoisotopic (exact) mass is 270 g/mol. The molecule has 0 aliphatic heterocycles. The Morgan fingerprint density at radius 2 is 2.00 bits per heavy atom. The molecule has 2 rings (SSSR count). The molecule has 0 saturated carbocycles. The number of rotatable bonds is 2. The maximum atomic E-state index is 10.8. The Balaban J connectivity index is 2.53. The van der Waals surface area contributed by atoms with Gasteiger partial charge in [-0.05, 0) is 12.1 Å². The van der Waals surface area contributed by atoms with Crippen LogP contribution in [0.3, 0.4) is 0 Å². The number of halogens is 2. The minimum absolute atomic E-state index is 0.257. The smallest absolute Gasteiger partial charge is 0.318 e. The summed E-state index contributed by atoms with van der Waals surface area (Å²) >= 11 is 12.1. The van der Waals surface area contributed by atoms with Gasteiger partial charge in [0.1, 0.15) is 0 Å². The van der Waals surface area contributed by atoms with E-state index in [1.807, 2.05) is 0 Å². The van der Waals surface area contributed by atoms with Crippen LogP contribution >= 0.6 is 23.2 Å². The number of amides is 2. The third kappa shape index (κ3) is 2.35. The quantitative estimate of drug-likeness (QED) is 0.881. The maximum Gasteiger partial charge on any atom is 0.318 e. The fourth-order valence-corrected chi connectivity index (χ4v) is 1.99. The Bertz CT molecular complexity index is 547. The second kappa shape index (κ2) is 4.65. The molecule has 2 aromatic rings. The van der Waals surface area contributed by atoms with Crippen molar-refractivity contribution in [3.63, 3.8) is 0 Å². The van der Waals surface area contributed by atoms with Crippen LogP contribution < -0.4 is 11.1 Å². The van der Waals surface area contributed by atoms with E-state index in [2.05, 4.69) is 10.3 Å². The van der Waals surface area contributed by atoms with Crippen LogP contribution in [0, 0.1) is 0 Å². The Hall–Kier alpha value is -1.72. The highest BCUT2D eigenvalue weighted by Gasteiger charge is 2.12.